The molecular formula is C20H38CuN8S2. The van der Waals surface area contributed by atoms with Crippen molar-refractivity contribution in [3.05, 3.63) is 0 Å². The van der Waals surface area contributed by atoms with E-state index in [1.165, 1.54) is 0 Å². The molecule has 181 valence electrons. The monoisotopic (exact) mass is 517 g/mol. The Balaban J connectivity index is 0.00000900. The number of aliphatic imine (C=N–C) groups is 2. The van der Waals surface area contributed by atoms with Gasteiger partial charge >= 0.3 is 17.1 Å². The van der Waals surface area contributed by atoms with Crippen molar-refractivity contribution in [1.82, 2.24) is 20.7 Å². The van der Waals surface area contributed by atoms with Crippen LogP contribution < -0.4 is 10.9 Å². The number of hydrazone groups is 2. The van der Waals surface area contributed by atoms with E-state index >= 15 is 0 Å². The molecule has 1 rings (SSSR count). The van der Waals surface area contributed by atoms with Crippen molar-refractivity contribution in [2.24, 2.45) is 26.1 Å². The molecule has 1 unspecified atom stereocenters. The summed E-state index contributed by atoms with van der Waals surface area (Å²) in [5.74, 6) is 0.310. The number of likely N-dealkylation sites (N-methyl/N-ethyl adjacent to an activating group) is 2. The standard InChI is InChI=1S/C20H40N8S2.Cu/c1-6-27(7-2)14-12-21-19(29)25-23-17-11-10-16(5)18(17)24-26-20(30)22-13-15-28(8-3)9-4;/h16H,6-15H2,1-5H3,(H2,21,25,29)(H2,22,26,30);/q;+2/p-2/b23-17+,24-18+;. The maximum absolute atomic E-state index is 5.29. The fraction of sp³-hybridized carbons (Fsp3) is 0.800. The molecule has 0 aromatic heterocycles. The van der Waals surface area contributed by atoms with E-state index in [0.717, 1.165) is 63.5 Å². The van der Waals surface area contributed by atoms with Crippen LogP contribution in [-0.2, 0) is 42.3 Å². The van der Waals surface area contributed by atoms with Crippen LogP contribution in [0.15, 0.2) is 20.2 Å². The molecule has 0 saturated heterocycles. The Morgan fingerprint density at radius 1 is 0.871 bits per heavy atom. The van der Waals surface area contributed by atoms with E-state index in [1.807, 2.05) is 0 Å². The van der Waals surface area contributed by atoms with Crippen molar-refractivity contribution in [3.8, 4) is 0 Å². The van der Waals surface area contributed by atoms with Gasteiger partial charge in [0.2, 0.25) is 0 Å². The summed E-state index contributed by atoms with van der Waals surface area (Å²) < 4.78 is 0. The normalized spacial score (nSPS) is 20.0. The van der Waals surface area contributed by atoms with Crippen LogP contribution in [0.2, 0.25) is 0 Å². The average Bonchev–Trinajstić information content (AvgIpc) is 3.10. The van der Waals surface area contributed by atoms with Gasteiger partial charge in [0.15, 0.2) is 0 Å². The first kappa shape index (κ1) is 30.2. The van der Waals surface area contributed by atoms with Crippen LogP contribution in [0, 0.1) is 5.92 Å². The molecule has 11 heteroatoms. The zero-order chi connectivity index (χ0) is 22.4. The van der Waals surface area contributed by atoms with Gasteiger partial charge in [0.1, 0.15) is 0 Å². The predicted octanol–water partition coefficient (Wildman–Crippen LogP) is 1.79. The van der Waals surface area contributed by atoms with Crippen molar-refractivity contribution in [3.63, 3.8) is 0 Å². The summed E-state index contributed by atoms with van der Waals surface area (Å²) in [6, 6.07) is 0. The molecule has 1 atom stereocenters. The van der Waals surface area contributed by atoms with Crippen LogP contribution in [0.4, 0.5) is 0 Å². The number of amidine groups is 2. The zero-order valence-electron chi connectivity index (χ0n) is 19.4. The van der Waals surface area contributed by atoms with Gasteiger partial charge in [-0.1, -0.05) is 34.6 Å². The Morgan fingerprint density at radius 2 is 1.32 bits per heavy atom. The molecule has 1 saturated carbocycles. The average molecular weight is 518 g/mol. The van der Waals surface area contributed by atoms with Crippen LogP contribution in [0.3, 0.4) is 0 Å². The van der Waals surface area contributed by atoms with Crippen molar-refractivity contribution >= 4 is 47.0 Å². The number of nitrogens with one attached hydrogen (secondary N) is 2. The fourth-order valence-electron chi connectivity index (χ4n) is 3.15. The number of rotatable bonds is 12. The molecule has 0 heterocycles. The van der Waals surface area contributed by atoms with Gasteiger partial charge in [0, 0.05) is 19.0 Å². The Labute approximate surface area is 210 Å². The first-order valence-electron chi connectivity index (χ1n) is 11.0. The second kappa shape index (κ2) is 17.7. The van der Waals surface area contributed by atoms with Gasteiger partial charge in [-0.15, -0.1) is 0 Å². The summed E-state index contributed by atoms with van der Waals surface area (Å²) >= 11 is 10.6. The largest absolute Gasteiger partial charge is 2.00 e. The molecule has 0 bridgehead atoms. The van der Waals surface area contributed by atoms with Gasteiger partial charge in [-0.2, -0.15) is 10.2 Å². The molecule has 1 aliphatic carbocycles. The minimum Gasteiger partial charge on any atom is -0.741 e. The van der Waals surface area contributed by atoms with Crippen molar-refractivity contribution < 1.29 is 17.1 Å². The van der Waals surface area contributed by atoms with Crippen LogP contribution in [0.25, 0.3) is 0 Å². The van der Waals surface area contributed by atoms with E-state index in [0.29, 0.717) is 29.3 Å². The van der Waals surface area contributed by atoms with Gasteiger partial charge in [-0.05, 0) is 49.4 Å². The van der Waals surface area contributed by atoms with E-state index in [9.17, 15) is 0 Å². The van der Waals surface area contributed by atoms with E-state index < -0.39 is 0 Å². The summed E-state index contributed by atoms with van der Waals surface area (Å²) in [5.41, 5.74) is 7.59. The van der Waals surface area contributed by atoms with E-state index in [2.05, 4.69) is 75.5 Å². The van der Waals surface area contributed by atoms with Gasteiger partial charge in [-0.3, -0.25) is 20.8 Å². The molecule has 1 radical (unpaired) electrons. The van der Waals surface area contributed by atoms with Crippen molar-refractivity contribution in [1.29, 1.82) is 0 Å². The Hall–Kier alpha value is -0.841. The molecule has 8 nitrogen and oxygen atoms in total. The smallest absolute Gasteiger partial charge is 0.741 e. The van der Waals surface area contributed by atoms with Crippen molar-refractivity contribution in [2.45, 2.75) is 47.5 Å². The van der Waals surface area contributed by atoms with Crippen LogP contribution in [-0.4, -0.2) is 83.9 Å². The maximum Gasteiger partial charge on any atom is 2.00 e. The third kappa shape index (κ3) is 12.1. The molecular weight excluding hydrogens is 480 g/mol. The van der Waals surface area contributed by atoms with E-state index in [-0.39, 0.29) is 17.1 Å². The summed E-state index contributed by atoms with van der Waals surface area (Å²) in [6.45, 7) is 17.9. The predicted molar refractivity (Wildman–Crippen MR) is 134 cm³/mol. The first-order valence-corrected chi connectivity index (χ1v) is 11.8. The van der Waals surface area contributed by atoms with E-state index in [1.54, 1.807) is 0 Å². The summed E-state index contributed by atoms with van der Waals surface area (Å²) in [5, 5.41) is 9.73. The summed E-state index contributed by atoms with van der Waals surface area (Å²) in [6.07, 6.45) is 1.85. The minimum absolute atomic E-state index is 0. The van der Waals surface area contributed by atoms with Gasteiger partial charge in [-0.25, -0.2) is 0 Å². The van der Waals surface area contributed by atoms with Gasteiger partial charge < -0.3 is 35.1 Å². The quantitative estimate of drug-likeness (QED) is 0.135. The van der Waals surface area contributed by atoms with Gasteiger partial charge in [0.05, 0.1) is 24.5 Å². The van der Waals surface area contributed by atoms with E-state index in [4.69, 9.17) is 25.3 Å². The molecule has 1 fully saturated rings. The van der Waals surface area contributed by atoms with Crippen molar-refractivity contribution in [2.75, 3.05) is 52.4 Å². The molecule has 1 aliphatic rings. The topological polar surface area (TPSA) is 80.0 Å². The van der Waals surface area contributed by atoms with Gasteiger partial charge in [0.25, 0.3) is 0 Å². The number of hydrogen-bond acceptors (Lipinski definition) is 8. The minimum atomic E-state index is 0. The zero-order valence-corrected chi connectivity index (χ0v) is 22.0. The number of hydrogen-bond donors (Lipinski definition) is 2. The Bertz CT molecular complexity index is 616. The van der Waals surface area contributed by atoms with Crippen LogP contribution in [0.5, 0.6) is 0 Å². The third-order valence-electron chi connectivity index (χ3n) is 5.27. The molecule has 0 aromatic carbocycles. The first-order chi connectivity index (χ1) is 14.4. The third-order valence-corrected chi connectivity index (χ3v) is 5.71. The molecule has 0 amide bonds. The Kier molecular flexibility index (Phi) is 17.2. The second-order valence-electron chi connectivity index (χ2n) is 7.15. The Morgan fingerprint density at radius 3 is 1.77 bits per heavy atom. The van der Waals surface area contributed by atoms with Crippen LogP contribution in [0.1, 0.15) is 47.5 Å². The SMILES string of the molecule is CCN(CC)CCN=C([S-])N/N=C1\CCC(C)\C1=N/NC([S-])=NCCN(CC)CC.[Cu+2]. The summed E-state index contributed by atoms with van der Waals surface area (Å²) in [7, 11) is 0. The molecule has 0 spiro atoms. The maximum atomic E-state index is 5.29. The molecule has 0 aromatic rings. The van der Waals surface area contributed by atoms with Crippen LogP contribution >= 0.6 is 0 Å². The summed E-state index contributed by atoms with van der Waals surface area (Å²) in [4.78, 5) is 13.4. The fourth-order valence-corrected chi connectivity index (χ4v) is 3.42. The second-order valence-corrected chi connectivity index (χ2v) is 7.92. The number of nitrogens with zero attached hydrogens (tertiary/aromatic N) is 6. The molecule has 0 aliphatic heterocycles. The molecule has 31 heavy (non-hydrogen) atoms. The molecule has 2 N–H and O–H groups in total.